The Morgan fingerprint density at radius 2 is 2.25 bits per heavy atom. The van der Waals surface area contributed by atoms with Crippen LogP contribution < -0.4 is 11.1 Å². The Morgan fingerprint density at radius 1 is 1.50 bits per heavy atom. The van der Waals surface area contributed by atoms with Gasteiger partial charge >= 0.3 is 0 Å². The van der Waals surface area contributed by atoms with Crippen LogP contribution in [-0.4, -0.2) is 26.7 Å². The van der Waals surface area contributed by atoms with Crippen molar-refractivity contribution in [3.05, 3.63) is 46.7 Å². The van der Waals surface area contributed by atoms with Crippen LogP contribution >= 0.6 is 11.6 Å². The van der Waals surface area contributed by atoms with E-state index in [-0.39, 0.29) is 16.8 Å². The first-order chi connectivity index (χ1) is 9.52. The summed E-state index contributed by atoms with van der Waals surface area (Å²) in [5.74, 6) is -0.389. The fourth-order valence-corrected chi connectivity index (χ4v) is 1.84. The standard InChI is InChI=1S/C12H12ClN5O2/c1-18-10(4-5-15-18)12(19)16-9-3-2-7(6-8(9)13)11(14)17-20/h2-6,20H,1H3,(H2,14,17)(H,16,19). The molecule has 2 aromatic rings. The number of amides is 1. The van der Waals surface area contributed by atoms with E-state index in [1.807, 2.05) is 0 Å². The number of aromatic nitrogens is 2. The molecule has 0 radical (unpaired) electrons. The topological polar surface area (TPSA) is 106 Å². The predicted octanol–water partition coefficient (Wildman–Crippen LogP) is 1.42. The number of rotatable bonds is 3. The first-order valence-electron chi connectivity index (χ1n) is 5.59. The highest BCUT2D eigenvalue weighted by molar-refractivity contribution is 6.34. The number of oxime groups is 1. The number of hydrogen-bond acceptors (Lipinski definition) is 4. The van der Waals surface area contributed by atoms with Gasteiger partial charge in [0.15, 0.2) is 5.84 Å². The van der Waals surface area contributed by atoms with E-state index in [9.17, 15) is 4.79 Å². The summed E-state index contributed by atoms with van der Waals surface area (Å²) >= 11 is 6.05. The fourth-order valence-electron chi connectivity index (χ4n) is 1.62. The van der Waals surface area contributed by atoms with Gasteiger partial charge in [-0.15, -0.1) is 0 Å². The van der Waals surface area contributed by atoms with Gasteiger partial charge in [0.2, 0.25) is 0 Å². The lowest BCUT2D eigenvalue weighted by atomic mass is 10.2. The van der Waals surface area contributed by atoms with Crippen LogP contribution in [0, 0.1) is 0 Å². The Kier molecular flexibility index (Phi) is 3.90. The minimum Gasteiger partial charge on any atom is -0.409 e. The number of nitrogens with zero attached hydrogens (tertiary/aromatic N) is 3. The minimum absolute atomic E-state index is 0.0589. The Balaban J connectivity index is 2.23. The van der Waals surface area contributed by atoms with Crippen molar-refractivity contribution in [1.82, 2.24) is 9.78 Å². The number of nitrogens with one attached hydrogen (secondary N) is 1. The van der Waals surface area contributed by atoms with Crippen molar-refractivity contribution in [2.75, 3.05) is 5.32 Å². The average Bonchev–Trinajstić information content (AvgIpc) is 2.86. The van der Waals surface area contributed by atoms with Gasteiger partial charge in [0.25, 0.3) is 5.91 Å². The summed E-state index contributed by atoms with van der Waals surface area (Å²) in [6, 6.07) is 6.24. The van der Waals surface area contributed by atoms with Crippen LogP contribution in [0.25, 0.3) is 0 Å². The van der Waals surface area contributed by atoms with Crippen molar-refractivity contribution in [3.63, 3.8) is 0 Å². The number of anilines is 1. The molecule has 1 aromatic carbocycles. The molecule has 0 aliphatic carbocycles. The predicted molar refractivity (Wildman–Crippen MR) is 75.1 cm³/mol. The zero-order chi connectivity index (χ0) is 14.7. The molecule has 2 rings (SSSR count). The molecule has 7 nitrogen and oxygen atoms in total. The summed E-state index contributed by atoms with van der Waals surface area (Å²) in [5, 5.41) is 18.3. The van der Waals surface area contributed by atoms with Crippen LogP contribution in [0.15, 0.2) is 35.6 Å². The fraction of sp³-hybridized carbons (Fsp3) is 0.0833. The molecule has 0 atom stereocenters. The quantitative estimate of drug-likeness (QED) is 0.344. The number of benzene rings is 1. The molecular weight excluding hydrogens is 282 g/mol. The Labute approximate surface area is 119 Å². The van der Waals surface area contributed by atoms with Gasteiger partial charge in [0.1, 0.15) is 5.69 Å². The van der Waals surface area contributed by atoms with Gasteiger partial charge in [0, 0.05) is 18.8 Å². The number of halogens is 1. The Bertz CT molecular complexity index is 680. The summed E-state index contributed by atoms with van der Waals surface area (Å²) in [6.45, 7) is 0. The van der Waals surface area contributed by atoms with Crippen molar-refractivity contribution < 1.29 is 10.0 Å². The second-order valence-electron chi connectivity index (χ2n) is 3.97. The minimum atomic E-state index is -0.330. The van der Waals surface area contributed by atoms with E-state index < -0.39 is 0 Å². The van der Waals surface area contributed by atoms with Crippen molar-refractivity contribution in [2.24, 2.45) is 17.9 Å². The van der Waals surface area contributed by atoms with Crippen LogP contribution in [-0.2, 0) is 7.05 Å². The molecule has 20 heavy (non-hydrogen) atoms. The highest BCUT2D eigenvalue weighted by atomic mass is 35.5. The first-order valence-corrected chi connectivity index (χ1v) is 5.97. The molecule has 0 unspecified atom stereocenters. The van der Waals surface area contributed by atoms with Crippen LogP contribution in [0.1, 0.15) is 16.1 Å². The third kappa shape index (κ3) is 2.72. The molecule has 0 saturated heterocycles. The van der Waals surface area contributed by atoms with E-state index in [4.69, 9.17) is 22.5 Å². The molecule has 0 spiro atoms. The molecule has 1 amide bonds. The average molecular weight is 294 g/mol. The number of nitrogens with two attached hydrogens (primary N) is 1. The molecule has 0 aliphatic rings. The van der Waals surface area contributed by atoms with Gasteiger partial charge in [-0.05, 0) is 24.3 Å². The zero-order valence-electron chi connectivity index (χ0n) is 10.5. The van der Waals surface area contributed by atoms with Gasteiger partial charge in [0.05, 0.1) is 10.7 Å². The molecule has 8 heteroatoms. The normalized spacial score (nSPS) is 11.4. The number of amidine groups is 1. The monoisotopic (exact) mass is 293 g/mol. The van der Waals surface area contributed by atoms with Crippen molar-refractivity contribution in [1.29, 1.82) is 0 Å². The van der Waals surface area contributed by atoms with Gasteiger partial charge in [-0.2, -0.15) is 5.10 Å². The molecule has 0 fully saturated rings. The lowest BCUT2D eigenvalue weighted by molar-refractivity contribution is 0.101. The maximum absolute atomic E-state index is 12.0. The first kappa shape index (κ1) is 13.9. The van der Waals surface area contributed by atoms with Crippen molar-refractivity contribution in [3.8, 4) is 0 Å². The molecule has 0 aliphatic heterocycles. The van der Waals surface area contributed by atoms with E-state index in [0.29, 0.717) is 16.9 Å². The van der Waals surface area contributed by atoms with E-state index in [2.05, 4.69) is 15.6 Å². The molecule has 0 saturated carbocycles. The largest absolute Gasteiger partial charge is 0.409 e. The summed E-state index contributed by atoms with van der Waals surface area (Å²) in [5.41, 5.74) is 6.74. The van der Waals surface area contributed by atoms with Gasteiger partial charge in [-0.3, -0.25) is 9.48 Å². The van der Waals surface area contributed by atoms with Crippen LogP contribution in [0.2, 0.25) is 5.02 Å². The maximum Gasteiger partial charge on any atom is 0.273 e. The van der Waals surface area contributed by atoms with Gasteiger partial charge < -0.3 is 16.3 Å². The Hall–Kier alpha value is -2.54. The Morgan fingerprint density at radius 3 is 2.80 bits per heavy atom. The van der Waals surface area contributed by atoms with Crippen LogP contribution in [0.3, 0.4) is 0 Å². The third-order valence-corrected chi connectivity index (χ3v) is 2.99. The highest BCUT2D eigenvalue weighted by Crippen LogP contribution is 2.23. The van der Waals surface area contributed by atoms with E-state index in [1.54, 1.807) is 25.2 Å². The zero-order valence-corrected chi connectivity index (χ0v) is 11.3. The summed E-state index contributed by atoms with van der Waals surface area (Å²) in [6.07, 6.45) is 1.53. The second kappa shape index (κ2) is 5.62. The van der Waals surface area contributed by atoms with E-state index in [0.717, 1.165) is 0 Å². The number of carbonyl (C=O) groups is 1. The van der Waals surface area contributed by atoms with Crippen molar-refractivity contribution >= 4 is 29.0 Å². The molecule has 4 N–H and O–H groups in total. The second-order valence-corrected chi connectivity index (χ2v) is 4.38. The molecular formula is C12H12ClN5O2. The van der Waals surface area contributed by atoms with E-state index >= 15 is 0 Å². The summed E-state index contributed by atoms with van der Waals surface area (Å²) in [7, 11) is 1.66. The smallest absolute Gasteiger partial charge is 0.273 e. The lowest BCUT2D eigenvalue weighted by Crippen LogP contribution is -2.17. The van der Waals surface area contributed by atoms with Crippen molar-refractivity contribution in [2.45, 2.75) is 0 Å². The highest BCUT2D eigenvalue weighted by Gasteiger charge is 2.12. The number of hydrogen-bond donors (Lipinski definition) is 3. The SMILES string of the molecule is Cn1nccc1C(=O)Nc1ccc(/C(N)=N/O)cc1Cl. The molecule has 104 valence electrons. The summed E-state index contributed by atoms with van der Waals surface area (Å²) < 4.78 is 1.45. The molecule has 0 bridgehead atoms. The van der Waals surface area contributed by atoms with Crippen LogP contribution in [0.5, 0.6) is 0 Å². The van der Waals surface area contributed by atoms with Gasteiger partial charge in [-0.1, -0.05) is 16.8 Å². The third-order valence-electron chi connectivity index (χ3n) is 2.67. The number of carbonyl (C=O) groups excluding carboxylic acids is 1. The molecule has 1 aromatic heterocycles. The van der Waals surface area contributed by atoms with Crippen LogP contribution in [0.4, 0.5) is 5.69 Å². The summed E-state index contributed by atoms with van der Waals surface area (Å²) in [4.78, 5) is 12.0. The van der Waals surface area contributed by atoms with E-state index in [1.165, 1.54) is 16.9 Å². The lowest BCUT2D eigenvalue weighted by Gasteiger charge is -2.08. The number of aryl methyl sites for hydroxylation is 1. The molecule has 1 heterocycles. The maximum atomic E-state index is 12.0. The van der Waals surface area contributed by atoms with Gasteiger partial charge in [-0.25, -0.2) is 0 Å².